The summed E-state index contributed by atoms with van der Waals surface area (Å²) in [6, 6.07) is 0. The molecule has 4 N–H and O–H groups in total. The normalized spacial score (nSPS) is 10.1. The van der Waals surface area contributed by atoms with Gasteiger partial charge in [-0.1, -0.05) is 52.4 Å². The number of carbonyl (C=O) groups is 2. The van der Waals surface area contributed by atoms with Gasteiger partial charge in [0.1, 0.15) is 0 Å². The van der Waals surface area contributed by atoms with E-state index in [2.05, 4.69) is 24.5 Å². The van der Waals surface area contributed by atoms with Gasteiger partial charge in [0.25, 0.3) is 0 Å². The highest BCUT2D eigenvalue weighted by atomic mass is 16.4. The van der Waals surface area contributed by atoms with E-state index >= 15 is 0 Å². The second-order valence-corrected chi connectivity index (χ2v) is 5.91. The van der Waals surface area contributed by atoms with E-state index in [0.717, 1.165) is 25.9 Å². The van der Waals surface area contributed by atoms with Gasteiger partial charge in [-0.3, -0.25) is 9.59 Å². The largest absolute Gasteiger partial charge is 0.481 e. The highest BCUT2D eigenvalue weighted by Gasteiger charge is 1.95. The van der Waals surface area contributed by atoms with Crippen LogP contribution in [0.15, 0.2) is 0 Å². The summed E-state index contributed by atoms with van der Waals surface area (Å²) in [7, 11) is 0. The lowest BCUT2D eigenvalue weighted by Crippen LogP contribution is -2.19. The van der Waals surface area contributed by atoms with Gasteiger partial charge < -0.3 is 20.8 Å². The molecule has 0 aromatic carbocycles. The van der Waals surface area contributed by atoms with Gasteiger partial charge in [-0.25, -0.2) is 0 Å². The fourth-order valence-electron chi connectivity index (χ4n) is 1.99. The van der Waals surface area contributed by atoms with Crippen molar-refractivity contribution in [1.29, 1.82) is 0 Å². The van der Waals surface area contributed by atoms with Crippen LogP contribution in [0.1, 0.15) is 78.1 Å². The topological polar surface area (TPSA) is 98.7 Å². The Morgan fingerprint density at radius 2 is 1.00 bits per heavy atom. The first-order chi connectivity index (χ1) is 11.5. The molecule has 0 amide bonds. The Bertz CT molecular complexity index is 258. The SMILES string of the molecule is CCCCCCNCCC(=O)O.CCCCCCNCCC(=O)O. The van der Waals surface area contributed by atoms with Crippen LogP contribution in [-0.4, -0.2) is 48.3 Å². The molecule has 0 aliphatic rings. The summed E-state index contributed by atoms with van der Waals surface area (Å²) in [6.45, 7) is 7.46. The summed E-state index contributed by atoms with van der Waals surface area (Å²) >= 11 is 0. The summed E-state index contributed by atoms with van der Waals surface area (Å²) in [4.78, 5) is 20.2. The molecule has 0 bridgehead atoms. The first-order valence-electron chi connectivity index (χ1n) is 9.39. The maximum Gasteiger partial charge on any atom is 0.304 e. The van der Waals surface area contributed by atoms with E-state index in [1.54, 1.807) is 0 Å². The van der Waals surface area contributed by atoms with E-state index in [-0.39, 0.29) is 12.8 Å². The maximum atomic E-state index is 10.1. The van der Waals surface area contributed by atoms with Crippen molar-refractivity contribution in [2.45, 2.75) is 78.1 Å². The van der Waals surface area contributed by atoms with Crippen molar-refractivity contribution < 1.29 is 19.8 Å². The first-order valence-corrected chi connectivity index (χ1v) is 9.39. The van der Waals surface area contributed by atoms with Gasteiger partial charge in [-0.15, -0.1) is 0 Å². The Balaban J connectivity index is 0. The molecule has 0 unspecified atom stereocenters. The Kier molecular flexibility index (Phi) is 22.9. The Morgan fingerprint density at radius 1 is 0.625 bits per heavy atom. The van der Waals surface area contributed by atoms with E-state index < -0.39 is 11.9 Å². The summed E-state index contributed by atoms with van der Waals surface area (Å²) < 4.78 is 0. The Labute approximate surface area is 147 Å². The monoisotopic (exact) mass is 346 g/mol. The molecule has 0 aliphatic carbocycles. The van der Waals surface area contributed by atoms with Gasteiger partial charge in [0.05, 0.1) is 12.8 Å². The summed E-state index contributed by atoms with van der Waals surface area (Å²) in [6.07, 6.45) is 10.3. The first kappa shape index (κ1) is 25.1. The number of hydrogen-bond acceptors (Lipinski definition) is 4. The third-order valence-electron chi connectivity index (χ3n) is 3.45. The van der Waals surface area contributed by atoms with Gasteiger partial charge in [-0.2, -0.15) is 0 Å². The van der Waals surface area contributed by atoms with Crippen LogP contribution in [0.2, 0.25) is 0 Å². The molecule has 144 valence electrons. The molecule has 0 aliphatic heterocycles. The molecule has 0 spiro atoms. The Morgan fingerprint density at radius 3 is 1.29 bits per heavy atom. The van der Waals surface area contributed by atoms with Gasteiger partial charge >= 0.3 is 11.9 Å². The molecule has 0 radical (unpaired) electrons. The van der Waals surface area contributed by atoms with Crippen LogP contribution in [0.25, 0.3) is 0 Å². The van der Waals surface area contributed by atoms with Crippen molar-refractivity contribution in [3.63, 3.8) is 0 Å². The predicted octanol–water partition coefficient (Wildman–Crippen LogP) is 3.26. The third kappa shape index (κ3) is 28.9. The molecule has 0 atom stereocenters. The molecule has 6 heteroatoms. The van der Waals surface area contributed by atoms with Crippen molar-refractivity contribution in [2.75, 3.05) is 26.2 Å². The zero-order valence-corrected chi connectivity index (χ0v) is 15.6. The minimum Gasteiger partial charge on any atom is -0.481 e. The van der Waals surface area contributed by atoms with Crippen LogP contribution in [-0.2, 0) is 9.59 Å². The zero-order valence-electron chi connectivity index (χ0n) is 15.6. The van der Waals surface area contributed by atoms with Gasteiger partial charge in [0.15, 0.2) is 0 Å². The molecule has 0 saturated heterocycles. The van der Waals surface area contributed by atoms with Gasteiger partial charge in [0, 0.05) is 13.1 Å². The molecule has 0 aromatic rings. The molecule has 0 rings (SSSR count). The van der Waals surface area contributed by atoms with Crippen molar-refractivity contribution >= 4 is 11.9 Å². The maximum absolute atomic E-state index is 10.1. The van der Waals surface area contributed by atoms with Crippen LogP contribution in [0.5, 0.6) is 0 Å². The third-order valence-corrected chi connectivity index (χ3v) is 3.45. The number of unbranched alkanes of at least 4 members (excludes halogenated alkanes) is 6. The lowest BCUT2D eigenvalue weighted by Gasteiger charge is -2.01. The zero-order chi connectivity index (χ0) is 18.5. The van der Waals surface area contributed by atoms with E-state index in [1.165, 1.54) is 38.5 Å². The van der Waals surface area contributed by atoms with Crippen LogP contribution in [0, 0.1) is 0 Å². The minimum absolute atomic E-state index is 0.230. The van der Waals surface area contributed by atoms with Crippen LogP contribution in [0.4, 0.5) is 0 Å². The number of aliphatic carboxylic acids is 2. The second kappa shape index (κ2) is 21.9. The number of carboxylic acid groups (broad SMARTS) is 2. The lowest BCUT2D eigenvalue weighted by molar-refractivity contribution is -0.137. The molecule has 0 fully saturated rings. The number of carboxylic acids is 2. The van der Waals surface area contributed by atoms with Crippen molar-refractivity contribution in [1.82, 2.24) is 10.6 Å². The highest BCUT2D eigenvalue weighted by molar-refractivity contribution is 5.67. The van der Waals surface area contributed by atoms with Crippen LogP contribution < -0.4 is 10.6 Å². The average Bonchev–Trinajstić information content (AvgIpc) is 2.53. The van der Waals surface area contributed by atoms with Gasteiger partial charge in [0.2, 0.25) is 0 Å². The second-order valence-electron chi connectivity index (χ2n) is 5.91. The molecular formula is C18H38N2O4. The summed E-state index contributed by atoms with van der Waals surface area (Å²) in [5.41, 5.74) is 0. The van der Waals surface area contributed by atoms with Crippen molar-refractivity contribution in [3.05, 3.63) is 0 Å². The van der Waals surface area contributed by atoms with E-state index in [0.29, 0.717) is 13.1 Å². The van der Waals surface area contributed by atoms with E-state index in [1.807, 2.05) is 0 Å². The molecule has 0 saturated carbocycles. The molecule has 24 heavy (non-hydrogen) atoms. The van der Waals surface area contributed by atoms with E-state index in [9.17, 15) is 9.59 Å². The number of rotatable bonds is 16. The Hall–Kier alpha value is -1.14. The minimum atomic E-state index is -0.726. The van der Waals surface area contributed by atoms with E-state index in [4.69, 9.17) is 10.2 Å². The summed E-state index contributed by atoms with van der Waals surface area (Å²) in [5.74, 6) is -1.45. The van der Waals surface area contributed by atoms with Crippen LogP contribution >= 0.6 is 0 Å². The molecule has 6 nitrogen and oxygen atoms in total. The highest BCUT2D eigenvalue weighted by Crippen LogP contribution is 1.97. The molecular weight excluding hydrogens is 308 g/mol. The number of hydrogen-bond donors (Lipinski definition) is 4. The fraction of sp³-hybridized carbons (Fsp3) is 0.889. The molecule has 0 aromatic heterocycles. The predicted molar refractivity (Wildman–Crippen MR) is 98.5 cm³/mol. The average molecular weight is 347 g/mol. The quantitative estimate of drug-likeness (QED) is 0.320. The van der Waals surface area contributed by atoms with Crippen molar-refractivity contribution in [3.8, 4) is 0 Å². The van der Waals surface area contributed by atoms with Crippen molar-refractivity contribution in [2.24, 2.45) is 0 Å². The molecule has 0 heterocycles. The standard InChI is InChI=1S/2C9H19NO2/c2*1-2-3-4-5-7-10-8-6-9(11)12/h2*10H,2-8H2,1H3,(H,11,12). The van der Waals surface area contributed by atoms with Crippen LogP contribution in [0.3, 0.4) is 0 Å². The van der Waals surface area contributed by atoms with Gasteiger partial charge in [-0.05, 0) is 25.9 Å². The lowest BCUT2D eigenvalue weighted by atomic mass is 10.2. The fourth-order valence-corrected chi connectivity index (χ4v) is 1.99. The number of nitrogens with one attached hydrogen (secondary N) is 2. The smallest absolute Gasteiger partial charge is 0.304 e. The summed E-state index contributed by atoms with van der Waals surface area (Å²) in [5, 5.41) is 22.8.